The lowest BCUT2D eigenvalue weighted by Crippen LogP contribution is -2.29. The molecule has 1 amide bonds. The van der Waals surface area contributed by atoms with Gasteiger partial charge in [-0.1, -0.05) is 5.16 Å². The summed E-state index contributed by atoms with van der Waals surface area (Å²) in [4.78, 5) is 29.2. The number of rotatable bonds is 5. The number of nitrogens with zero attached hydrogens (tertiary/aromatic N) is 3. The second-order valence-electron chi connectivity index (χ2n) is 5.69. The lowest BCUT2D eigenvalue weighted by atomic mass is 10.1. The second-order valence-corrected chi connectivity index (χ2v) is 5.69. The molecule has 1 aliphatic carbocycles. The van der Waals surface area contributed by atoms with Crippen molar-refractivity contribution in [3.63, 3.8) is 0 Å². The number of aryl methyl sites for hydroxylation is 1. The average molecular weight is 303 g/mol. The molecule has 0 aromatic carbocycles. The van der Waals surface area contributed by atoms with Crippen LogP contribution in [0.25, 0.3) is 11.1 Å². The van der Waals surface area contributed by atoms with Crippen LogP contribution in [0, 0.1) is 6.92 Å². The number of hydrogen-bond acceptors (Lipinski definition) is 5. The van der Waals surface area contributed by atoms with E-state index in [0.29, 0.717) is 28.3 Å². The fourth-order valence-electron chi connectivity index (χ4n) is 2.44. The summed E-state index contributed by atoms with van der Waals surface area (Å²) in [7, 11) is 1.59. The van der Waals surface area contributed by atoms with E-state index in [9.17, 15) is 9.59 Å². The van der Waals surface area contributed by atoms with E-state index in [1.54, 1.807) is 20.0 Å². The van der Waals surface area contributed by atoms with Crippen LogP contribution in [0.15, 0.2) is 10.6 Å². The number of carboxylic acid groups (broad SMARTS) is 1. The van der Waals surface area contributed by atoms with Crippen molar-refractivity contribution in [3.05, 3.63) is 23.0 Å². The zero-order chi connectivity index (χ0) is 15.9. The molecular formula is C15H17N3O4. The van der Waals surface area contributed by atoms with Crippen LogP contribution in [0.2, 0.25) is 0 Å². The number of hydrogen-bond donors (Lipinski definition) is 1. The maximum atomic E-state index is 12.7. The molecule has 22 heavy (non-hydrogen) atoms. The lowest BCUT2D eigenvalue weighted by Gasteiger charge is -2.17. The van der Waals surface area contributed by atoms with Gasteiger partial charge in [-0.25, -0.2) is 4.98 Å². The number of aromatic nitrogens is 2. The first-order valence-electron chi connectivity index (χ1n) is 7.21. The molecule has 0 spiro atoms. The summed E-state index contributed by atoms with van der Waals surface area (Å²) in [5.41, 5.74) is 2.31. The standard InChI is InChI=1S/C15H17N3O4/c1-8-13-10(15(21)18(2)6-5-12(19)20)7-11(9-3-4-9)16-14(13)22-17-8/h7,9H,3-6H2,1-2H3,(H,19,20). The van der Waals surface area contributed by atoms with E-state index in [4.69, 9.17) is 9.63 Å². The molecule has 7 heteroatoms. The summed E-state index contributed by atoms with van der Waals surface area (Å²) < 4.78 is 5.21. The predicted molar refractivity (Wildman–Crippen MR) is 77.7 cm³/mol. The molecule has 1 saturated carbocycles. The molecule has 2 aromatic heterocycles. The van der Waals surface area contributed by atoms with Gasteiger partial charge in [-0.15, -0.1) is 0 Å². The van der Waals surface area contributed by atoms with Gasteiger partial charge in [0.15, 0.2) is 0 Å². The van der Waals surface area contributed by atoms with E-state index in [2.05, 4.69) is 10.1 Å². The van der Waals surface area contributed by atoms with Gasteiger partial charge in [-0.05, 0) is 25.8 Å². The Labute approximate surface area is 126 Å². The fourth-order valence-corrected chi connectivity index (χ4v) is 2.44. The predicted octanol–water partition coefficient (Wildman–Crippen LogP) is 1.96. The normalized spacial score (nSPS) is 14.3. The quantitative estimate of drug-likeness (QED) is 0.907. The molecule has 1 N–H and O–H groups in total. The van der Waals surface area contributed by atoms with E-state index in [1.807, 2.05) is 0 Å². The molecule has 1 aliphatic rings. The second kappa shape index (κ2) is 5.40. The summed E-state index contributed by atoms with van der Waals surface area (Å²) in [6, 6.07) is 1.80. The van der Waals surface area contributed by atoms with Crippen molar-refractivity contribution in [2.45, 2.75) is 32.1 Å². The maximum absolute atomic E-state index is 12.7. The number of carbonyl (C=O) groups is 2. The Hall–Kier alpha value is -2.44. The molecule has 3 rings (SSSR count). The molecular weight excluding hydrogens is 286 g/mol. The molecule has 2 heterocycles. The molecule has 0 saturated heterocycles. The van der Waals surface area contributed by atoms with Gasteiger partial charge < -0.3 is 14.5 Å². The van der Waals surface area contributed by atoms with Gasteiger partial charge >= 0.3 is 5.97 Å². The van der Waals surface area contributed by atoms with Crippen molar-refractivity contribution in [1.29, 1.82) is 0 Å². The van der Waals surface area contributed by atoms with Crippen molar-refractivity contribution in [1.82, 2.24) is 15.0 Å². The van der Waals surface area contributed by atoms with Crippen molar-refractivity contribution < 1.29 is 19.2 Å². The van der Waals surface area contributed by atoms with Crippen LogP contribution in [0.5, 0.6) is 0 Å². The SMILES string of the molecule is Cc1noc2nc(C3CC3)cc(C(=O)N(C)CCC(=O)O)c12. The van der Waals surface area contributed by atoms with Crippen LogP contribution in [0.1, 0.15) is 46.9 Å². The molecule has 0 bridgehead atoms. The highest BCUT2D eigenvalue weighted by atomic mass is 16.5. The third-order valence-electron chi connectivity index (χ3n) is 3.87. The Bertz CT molecular complexity index is 749. The van der Waals surface area contributed by atoms with Gasteiger partial charge in [0.05, 0.1) is 23.1 Å². The van der Waals surface area contributed by atoms with E-state index in [-0.39, 0.29) is 18.9 Å². The van der Waals surface area contributed by atoms with Crippen molar-refractivity contribution in [2.24, 2.45) is 0 Å². The van der Waals surface area contributed by atoms with Crippen LogP contribution in [-0.2, 0) is 4.79 Å². The monoisotopic (exact) mass is 303 g/mol. The van der Waals surface area contributed by atoms with Gasteiger partial charge in [0.25, 0.3) is 11.6 Å². The highest BCUT2D eigenvalue weighted by molar-refractivity contribution is 6.06. The fraction of sp³-hybridized carbons (Fsp3) is 0.467. The Morgan fingerprint density at radius 2 is 2.18 bits per heavy atom. The number of amides is 1. The minimum absolute atomic E-state index is 0.0887. The van der Waals surface area contributed by atoms with Gasteiger partial charge in [-0.3, -0.25) is 9.59 Å². The molecule has 7 nitrogen and oxygen atoms in total. The van der Waals surface area contributed by atoms with Crippen LogP contribution in [0.3, 0.4) is 0 Å². The van der Waals surface area contributed by atoms with Gasteiger partial charge in [-0.2, -0.15) is 0 Å². The lowest BCUT2D eigenvalue weighted by molar-refractivity contribution is -0.137. The molecule has 0 aliphatic heterocycles. The summed E-state index contributed by atoms with van der Waals surface area (Å²) >= 11 is 0. The van der Waals surface area contributed by atoms with Crippen LogP contribution in [-0.4, -0.2) is 45.6 Å². The highest BCUT2D eigenvalue weighted by Crippen LogP contribution is 2.40. The summed E-state index contributed by atoms with van der Waals surface area (Å²) in [5, 5.41) is 13.2. The molecule has 1 fully saturated rings. The first kappa shape index (κ1) is 14.5. The minimum Gasteiger partial charge on any atom is -0.481 e. The third-order valence-corrected chi connectivity index (χ3v) is 3.87. The first-order chi connectivity index (χ1) is 10.5. The molecule has 116 valence electrons. The molecule has 0 atom stereocenters. The Morgan fingerprint density at radius 3 is 2.82 bits per heavy atom. The number of carbonyl (C=O) groups excluding carboxylic acids is 1. The van der Waals surface area contributed by atoms with E-state index >= 15 is 0 Å². The number of aliphatic carboxylic acids is 1. The van der Waals surface area contributed by atoms with Crippen molar-refractivity contribution >= 4 is 23.0 Å². The zero-order valence-electron chi connectivity index (χ0n) is 12.5. The van der Waals surface area contributed by atoms with Gasteiger partial charge in [0, 0.05) is 25.2 Å². The summed E-state index contributed by atoms with van der Waals surface area (Å²) in [5.74, 6) is -0.785. The van der Waals surface area contributed by atoms with Crippen molar-refractivity contribution in [2.75, 3.05) is 13.6 Å². The highest BCUT2D eigenvalue weighted by Gasteiger charge is 2.29. The Balaban J connectivity index is 1.98. The topological polar surface area (TPSA) is 96.5 Å². The zero-order valence-corrected chi connectivity index (χ0v) is 12.5. The van der Waals surface area contributed by atoms with Gasteiger partial charge in [0.1, 0.15) is 0 Å². The summed E-state index contributed by atoms with van der Waals surface area (Å²) in [6.07, 6.45) is 2.04. The minimum atomic E-state index is -0.931. The third kappa shape index (κ3) is 2.66. The Kier molecular flexibility index (Phi) is 3.56. The summed E-state index contributed by atoms with van der Waals surface area (Å²) in [6.45, 7) is 1.92. The van der Waals surface area contributed by atoms with Crippen LogP contribution in [0.4, 0.5) is 0 Å². The van der Waals surface area contributed by atoms with Crippen molar-refractivity contribution in [3.8, 4) is 0 Å². The average Bonchev–Trinajstić information content (AvgIpc) is 3.27. The van der Waals surface area contributed by atoms with Crippen LogP contribution < -0.4 is 0 Å². The Morgan fingerprint density at radius 1 is 1.45 bits per heavy atom. The number of carboxylic acids is 1. The maximum Gasteiger partial charge on any atom is 0.305 e. The van der Waals surface area contributed by atoms with E-state index < -0.39 is 5.97 Å². The van der Waals surface area contributed by atoms with E-state index in [1.165, 1.54) is 4.90 Å². The van der Waals surface area contributed by atoms with E-state index in [0.717, 1.165) is 18.5 Å². The number of pyridine rings is 1. The largest absolute Gasteiger partial charge is 0.481 e. The first-order valence-corrected chi connectivity index (χ1v) is 7.21. The smallest absolute Gasteiger partial charge is 0.305 e. The molecule has 2 aromatic rings. The number of fused-ring (bicyclic) bond motifs is 1. The van der Waals surface area contributed by atoms with Crippen LogP contribution >= 0.6 is 0 Å². The molecule has 0 radical (unpaired) electrons. The van der Waals surface area contributed by atoms with Gasteiger partial charge in [0.2, 0.25) is 0 Å². The molecule has 0 unspecified atom stereocenters.